The molecule has 6 nitrogen and oxygen atoms in total. The predicted molar refractivity (Wildman–Crippen MR) is 95.6 cm³/mol. The number of rotatable bonds is 3. The van der Waals surface area contributed by atoms with E-state index < -0.39 is 0 Å². The molecular formula is C19H30N4O2. The SMILES string of the molecule is CC(C1CCN(C(=O)c2cnn3c2CCCC3)CC1)N1CCOCC1. The zero-order valence-electron chi connectivity index (χ0n) is 15.3. The van der Waals surface area contributed by atoms with Gasteiger partial charge in [0.05, 0.1) is 30.7 Å². The van der Waals surface area contributed by atoms with Crippen molar-refractivity contribution in [2.45, 2.75) is 51.6 Å². The number of aryl methyl sites for hydroxylation is 1. The van der Waals surface area contributed by atoms with Crippen LogP contribution in [0.5, 0.6) is 0 Å². The predicted octanol–water partition coefficient (Wildman–Crippen LogP) is 1.79. The van der Waals surface area contributed by atoms with Gasteiger partial charge in [0.15, 0.2) is 0 Å². The average molecular weight is 346 g/mol. The lowest BCUT2D eigenvalue weighted by atomic mass is 9.89. The van der Waals surface area contributed by atoms with Gasteiger partial charge in [-0.3, -0.25) is 14.4 Å². The molecule has 0 radical (unpaired) electrons. The van der Waals surface area contributed by atoms with Gasteiger partial charge in [-0.15, -0.1) is 0 Å². The van der Waals surface area contributed by atoms with Crippen LogP contribution >= 0.6 is 0 Å². The van der Waals surface area contributed by atoms with Crippen molar-refractivity contribution in [1.82, 2.24) is 19.6 Å². The van der Waals surface area contributed by atoms with Crippen molar-refractivity contribution in [1.29, 1.82) is 0 Å². The number of ether oxygens (including phenoxy) is 1. The summed E-state index contributed by atoms with van der Waals surface area (Å²) in [5.41, 5.74) is 2.00. The molecule has 0 bridgehead atoms. The molecule has 0 spiro atoms. The summed E-state index contributed by atoms with van der Waals surface area (Å²) in [6, 6.07) is 0.588. The molecule has 3 aliphatic rings. The fourth-order valence-corrected chi connectivity index (χ4v) is 4.64. The fraction of sp³-hybridized carbons (Fsp3) is 0.789. The minimum atomic E-state index is 0.195. The number of morpholine rings is 1. The summed E-state index contributed by atoms with van der Waals surface area (Å²) in [4.78, 5) is 17.6. The van der Waals surface area contributed by atoms with Crippen LogP contribution in [0.2, 0.25) is 0 Å². The lowest BCUT2D eigenvalue weighted by Gasteiger charge is -2.41. The van der Waals surface area contributed by atoms with Crippen LogP contribution in [0.4, 0.5) is 0 Å². The number of carbonyl (C=O) groups excluding carboxylic acids is 1. The number of amides is 1. The third kappa shape index (κ3) is 3.47. The standard InChI is InChI=1S/C19H30N4O2/c1-15(21-10-12-25-13-11-21)16-5-8-22(9-6-16)19(24)17-14-20-23-7-3-2-4-18(17)23/h14-16H,2-13H2,1H3. The first-order valence-corrected chi connectivity index (χ1v) is 9.90. The normalized spacial score (nSPS) is 24.1. The van der Waals surface area contributed by atoms with Gasteiger partial charge in [-0.1, -0.05) is 0 Å². The molecule has 1 amide bonds. The number of piperidine rings is 1. The van der Waals surface area contributed by atoms with E-state index in [0.29, 0.717) is 12.0 Å². The van der Waals surface area contributed by atoms with Crippen LogP contribution in [0.15, 0.2) is 6.20 Å². The molecule has 1 atom stereocenters. The number of hydrogen-bond donors (Lipinski definition) is 0. The Bertz CT molecular complexity index is 601. The number of hydrogen-bond acceptors (Lipinski definition) is 4. The first kappa shape index (κ1) is 17.0. The molecule has 138 valence electrons. The largest absolute Gasteiger partial charge is 0.379 e. The maximum absolute atomic E-state index is 13.0. The molecule has 25 heavy (non-hydrogen) atoms. The van der Waals surface area contributed by atoms with E-state index in [2.05, 4.69) is 21.8 Å². The summed E-state index contributed by atoms with van der Waals surface area (Å²) in [6.07, 6.45) is 7.34. The van der Waals surface area contributed by atoms with Gasteiger partial charge >= 0.3 is 0 Å². The van der Waals surface area contributed by atoms with Crippen molar-refractivity contribution in [2.75, 3.05) is 39.4 Å². The third-order valence-electron chi connectivity index (χ3n) is 6.34. The van der Waals surface area contributed by atoms with Gasteiger partial charge in [0, 0.05) is 38.8 Å². The van der Waals surface area contributed by atoms with E-state index in [0.717, 1.165) is 76.5 Å². The Kier molecular flexibility index (Phi) is 5.08. The molecule has 6 heteroatoms. The molecule has 3 aliphatic heterocycles. The highest BCUT2D eigenvalue weighted by atomic mass is 16.5. The van der Waals surface area contributed by atoms with Gasteiger partial charge in [0.1, 0.15) is 0 Å². The summed E-state index contributed by atoms with van der Waals surface area (Å²) in [7, 11) is 0. The summed E-state index contributed by atoms with van der Waals surface area (Å²) in [6.45, 7) is 8.86. The van der Waals surface area contributed by atoms with Crippen LogP contribution in [-0.4, -0.2) is 70.9 Å². The van der Waals surface area contributed by atoms with Crippen LogP contribution < -0.4 is 0 Å². The average Bonchev–Trinajstić information content (AvgIpc) is 3.12. The zero-order chi connectivity index (χ0) is 17.2. The first-order valence-electron chi connectivity index (χ1n) is 9.90. The maximum Gasteiger partial charge on any atom is 0.257 e. The number of aromatic nitrogens is 2. The van der Waals surface area contributed by atoms with Crippen molar-refractivity contribution >= 4 is 5.91 Å². The van der Waals surface area contributed by atoms with Crippen molar-refractivity contribution < 1.29 is 9.53 Å². The summed E-state index contributed by atoms with van der Waals surface area (Å²) in [5, 5.41) is 4.43. The van der Waals surface area contributed by atoms with Crippen LogP contribution in [0, 0.1) is 5.92 Å². The number of nitrogens with zero attached hydrogens (tertiary/aromatic N) is 4. The quantitative estimate of drug-likeness (QED) is 0.837. The lowest BCUT2D eigenvalue weighted by Crippen LogP contribution is -2.49. The van der Waals surface area contributed by atoms with E-state index in [1.807, 2.05) is 4.68 Å². The van der Waals surface area contributed by atoms with Gasteiger partial charge in [-0.05, 0) is 44.9 Å². The van der Waals surface area contributed by atoms with Crippen molar-refractivity contribution in [2.24, 2.45) is 5.92 Å². The molecule has 4 heterocycles. The first-order chi connectivity index (χ1) is 12.2. The Morgan fingerprint density at radius 1 is 1.16 bits per heavy atom. The highest BCUT2D eigenvalue weighted by Gasteiger charge is 2.31. The van der Waals surface area contributed by atoms with Gasteiger partial charge in [-0.2, -0.15) is 5.10 Å². The summed E-state index contributed by atoms with van der Waals surface area (Å²) >= 11 is 0. The smallest absolute Gasteiger partial charge is 0.257 e. The molecule has 0 aromatic carbocycles. The summed E-state index contributed by atoms with van der Waals surface area (Å²) in [5.74, 6) is 0.879. The molecule has 0 N–H and O–H groups in total. The van der Waals surface area contributed by atoms with Crippen molar-refractivity contribution in [3.8, 4) is 0 Å². The third-order valence-corrected chi connectivity index (χ3v) is 6.34. The highest BCUT2D eigenvalue weighted by molar-refractivity contribution is 5.95. The van der Waals surface area contributed by atoms with E-state index in [1.54, 1.807) is 6.20 Å². The van der Waals surface area contributed by atoms with E-state index in [1.165, 1.54) is 12.8 Å². The second kappa shape index (κ2) is 7.46. The van der Waals surface area contributed by atoms with Crippen LogP contribution in [-0.2, 0) is 17.7 Å². The van der Waals surface area contributed by atoms with Gasteiger partial charge in [0.2, 0.25) is 0 Å². The van der Waals surface area contributed by atoms with Crippen molar-refractivity contribution in [3.05, 3.63) is 17.5 Å². The van der Waals surface area contributed by atoms with E-state index in [-0.39, 0.29) is 5.91 Å². The van der Waals surface area contributed by atoms with Gasteiger partial charge in [-0.25, -0.2) is 0 Å². The maximum atomic E-state index is 13.0. The molecule has 4 rings (SSSR count). The molecule has 0 aliphatic carbocycles. The van der Waals surface area contributed by atoms with E-state index >= 15 is 0 Å². The van der Waals surface area contributed by atoms with Crippen molar-refractivity contribution in [3.63, 3.8) is 0 Å². The fourth-order valence-electron chi connectivity index (χ4n) is 4.64. The number of carbonyl (C=O) groups is 1. The Morgan fingerprint density at radius 3 is 2.68 bits per heavy atom. The topological polar surface area (TPSA) is 50.6 Å². The Morgan fingerprint density at radius 2 is 1.92 bits per heavy atom. The highest BCUT2D eigenvalue weighted by Crippen LogP contribution is 2.27. The molecule has 1 unspecified atom stereocenters. The molecule has 0 saturated carbocycles. The number of fused-ring (bicyclic) bond motifs is 1. The Hall–Kier alpha value is -1.40. The number of likely N-dealkylation sites (tertiary alicyclic amines) is 1. The lowest BCUT2D eigenvalue weighted by molar-refractivity contribution is -0.000959. The second-order valence-electron chi connectivity index (χ2n) is 7.70. The molecule has 2 fully saturated rings. The monoisotopic (exact) mass is 346 g/mol. The van der Waals surface area contributed by atoms with Crippen LogP contribution in [0.25, 0.3) is 0 Å². The van der Waals surface area contributed by atoms with Crippen LogP contribution in [0.3, 0.4) is 0 Å². The minimum absolute atomic E-state index is 0.195. The Balaban J connectivity index is 1.35. The summed E-state index contributed by atoms with van der Waals surface area (Å²) < 4.78 is 7.50. The molecule has 1 aromatic rings. The van der Waals surface area contributed by atoms with Crippen LogP contribution in [0.1, 0.15) is 48.7 Å². The minimum Gasteiger partial charge on any atom is -0.379 e. The van der Waals surface area contributed by atoms with E-state index in [4.69, 9.17) is 4.74 Å². The van der Waals surface area contributed by atoms with E-state index in [9.17, 15) is 4.79 Å². The van der Waals surface area contributed by atoms with Gasteiger partial charge in [0.25, 0.3) is 5.91 Å². The van der Waals surface area contributed by atoms with Gasteiger partial charge < -0.3 is 9.64 Å². The second-order valence-corrected chi connectivity index (χ2v) is 7.70. The Labute approximate surface area is 150 Å². The molecule has 1 aromatic heterocycles. The zero-order valence-corrected chi connectivity index (χ0v) is 15.3. The molecular weight excluding hydrogens is 316 g/mol. The molecule has 2 saturated heterocycles.